The smallest absolute Gasteiger partial charge is 0.302 e. The fourth-order valence-electron chi connectivity index (χ4n) is 13.2. The van der Waals surface area contributed by atoms with Crippen molar-refractivity contribution in [1.82, 2.24) is 0 Å². The lowest BCUT2D eigenvalue weighted by molar-refractivity contribution is -0.303. The third-order valence-corrected chi connectivity index (χ3v) is 15.7. The minimum Gasteiger partial charge on any atom is -0.460 e. The summed E-state index contributed by atoms with van der Waals surface area (Å²) in [6.45, 7) is 16.4. The normalized spacial score (nSPS) is 53.5. The summed E-state index contributed by atoms with van der Waals surface area (Å²) in [5.74, 6) is -0.211. The molecule has 2 aliphatic heterocycles. The van der Waals surface area contributed by atoms with Crippen LogP contribution in [0.4, 0.5) is 0 Å². The summed E-state index contributed by atoms with van der Waals surface area (Å²) in [6.07, 6.45) is 0.666. The van der Waals surface area contributed by atoms with Crippen LogP contribution in [-0.2, 0) is 28.5 Å². The van der Waals surface area contributed by atoms with Crippen molar-refractivity contribution < 1.29 is 49.0 Å². The minimum atomic E-state index is -1.31. The van der Waals surface area contributed by atoms with Gasteiger partial charge in [-0.25, -0.2) is 0 Å². The summed E-state index contributed by atoms with van der Waals surface area (Å²) in [5, 5.41) is 42.8. The molecular weight excluding hydrogens is 604 g/mol. The van der Waals surface area contributed by atoms with E-state index in [2.05, 4.69) is 34.6 Å². The first-order valence-electron chi connectivity index (χ1n) is 18.2. The zero-order valence-electron chi connectivity index (χ0n) is 29.5. The Morgan fingerprint density at radius 3 is 2.21 bits per heavy atom. The molecule has 47 heavy (non-hydrogen) atoms. The summed E-state index contributed by atoms with van der Waals surface area (Å²) in [4.78, 5) is 26.3. The highest BCUT2D eigenvalue weighted by molar-refractivity contribution is 5.90. The summed E-state index contributed by atoms with van der Waals surface area (Å²) in [5.41, 5.74) is -1.34. The topological polar surface area (TPSA) is 155 Å². The Bertz CT molecular complexity index is 1300. The molecule has 0 aromatic rings. The summed E-state index contributed by atoms with van der Waals surface area (Å²) < 4.78 is 23.7. The Morgan fingerprint density at radius 1 is 0.936 bits per heavy atom. The molecule has 0 aromatic heterocycles. The number of carbonyl (C=O) groups is 2. The molecule has 7 fully saturated rings. The van der Waals surface area contributed by atoms with Gasteiger partial charge < -0.3 is 39.4 Å². The Labute approximate surface area is 279 Å². The zero-order chi connectivity index (χ0) is 34.3. The van der Waals surface area contributed by atoms with E-state index >= 15 is 0 Å². The summed E-state index contributed by atoms with van der Waals surface area (Å²) in [6, 6.07) is 0. The van der Waals surface area contributed by atoms with Gasteiger partial charge in [-0.05, 0) is 105 Å². The van der Waals surface area contributed by atoms with Crippen molar-refractivity contribution in [2.24, 2.45) is 50.7 Å². The van der Waals surface area contributed by atoms with Crippen LogP contribution in [-0.4, -0.2) is 93.4 Å². The van der Waals surface area contributed by atoms with Crippen molar-refractivity contribution in [3.63, 3.8) is 0 Å². The maximum absolute atomic E-state index is 14.2. The summed E-state index contributed by atoms with van der Waals surface area (Å²) >= 11 is 0. The highest BCUT2D eigenvalue weighted by atomic mass is 16.7. The van der Waals surface area contributed by atoms with Crippen LogP contribution in [0.3, 0.4) is 0 Å². The second kappa shape index (κ2) is 10.7. The molecule has 1 unspecified atom stereocenters. The number of aliphatic hydroxyl groups is 4. The van der Waals surface area contributed by atoms with Crippen molar-refractivity contribution in [3.8, 4) is 0 Å². The van der Waals surface area contributed by atoms with Gasteiger partial charge in [0.15, 0.2) is 12.1 Å². The predicted octanol–water partition coefficient (Wildman–Crippen LogP) is 3.53. The molecule has 266 valence electrons. The monoisotopic (exact) mass is 662 g/mol. The van der Waals surface area contributed by atoms with Crippen molar-refractivity contribution in [2.45, 2.75) is 161 Å². The highest BCUT2D eigenvalue weighted by Gasteiger charge is 2.84. The van der Waals surface area contributed by atoms with Gasteiger partial charge in [-0.1, -0.05) is 34.6 Å². The molecule has 10 nitrogen and oxygen atoms in total. The standard InChI is InChI=1S/C37H58O10/c1-18(15-21(45-19(2)38)30-33(5,6)47-30)25-27(41)29(43)35(8)23-10-9-22-32(3,4)24(46-31-28(42)26(40)20(39)16-44-31)11-12-36(22)17-37(23,36)14-13-34(25,35)7/h18,20-26,28-31,39-40,42-43H,9-17H2,1-8H3/t18-,20+,21-,22?,23+,24+,25+,26+,28-,29+,30+,31+,34-,35-,36-,37+/m0/s1. The molecule has 5 saturated carbocycles. The number of aliphatic hydroxyl groups excluding tert-OH is 4. The average Bonchev–Trinajstić information content (AvgIpc) is 3.84. The maximum atomic E-state index is 14.2. The van der Waals surface area contributed by atoms with E-state index in [1.54, 1.807) is 0 Å². The first kappa shape index (κ1) is 34.3. The van der Waals surface area contributed by atoms with Gasteiger partial charge >= 0.3 is 5.97 Å². The highest BCUT2D eigenvalue weighted by Crippen LogP contribution is 2.89. The van der Waals surface area contributed by atoms with Crippen molar-refractivity contribution in [2.75, 3.05) is 6.61 Å². The molecule has 0 radical (unpaired) electrons. The van der Waals surface area contributed by atoms with Gasteiger partial charge in [0, 0.05) is 18.3 Å². The third kappa shape index (κ3) is 4.53. The largest absolute Gasteiger partial charge is 0.460 e. The first-order valence-corrected chi connectivity index (χ1v) is 18.2. The number of fused-ring (bicyclic) bond motifs is 2. The van der Waals surface area contributed by atoms with Crippen LogP contribution in [0, 0.1) is 50.7 Å². The number of ketones is 1. The third-order valence-electron chi connectivity index (χ3n) is 15.7. The number of epoxide rings is 1. The number of carbonyl (C=O) groups excluding carboxylic acids is 2. The predicted molar refractivity (Wildman–Crippen MR) is 170 cm³/mol. The van der Waals surface area contributed by atoms with E-state index in [0.717, 1.165) is 44.9 Å². The van der Waals surface area contributed by atoms with Gasteiger partial charge in [-0.3, -0.25) is 9.59 Å². The molecule has 10 heteroatoms. The number of ether oxygens (including phenoxy) is 4. The van der Waals surface area contributed by atoms with E-state index in [0.29, 0.717) is 12.3 Å². The van der Waals surface area contributed by atoms with Crippen molar-refractivity contribution in [3.05, 3.63) is 0 Å². The second-order valence-electron chi connectivity index (χ2n) is 18.4. The lowest BCUT2D eigenvalue weighted by atomic mass is 9.41. The van der Waals surface area contributed by atoms with E-state index in [9.17, 15) is 30.0 Å². The Morgan fingerprint density at radius 2 is 1.57 bits per heavy atom. The molecule has 2 heterocycles. The molecule has 5 aliphatic carbocycles. The molecule has 0 aromatic carbocycles. The van der Waals surface area contributed by atoms with Crippen LogP contribution >= 0.6 is 0 Å². The molecule has 2 spiro atoms. The maximum Gasteiger partial charge on any atom is 0.302 e. The van der Waals surface area contributed by atoms with Gasteiger partial charge in [-0.15, -0.1) is 0 Å². The number of hydrogen-bond acceptors (Lipinski definition) is 10. The van der Waals surface area contributed by atoms with Crippen molar-refractivity contribution in [1.29, 1.82) is 0 Å². The molecule has 4 N–H and O–H groups in total. The van der Waals surface area contributed by atoms with E-state index in [1.807, 2.05) is 13.8 Å². The second-order valence-corrected chi connectivity index (χ2v) is 18.4. The first-order chi connectivity index (χ1) is 21.8. The van der Waals surface area contributed by atoms with Gasteiger partial charge in [0.25, 0.3) is 0 Å². The van der Waals surface area contributed by atoms with E-state index in [4.69, 9.17) is 18.9 Å². The van der Waals surface area contributed by atoms with E-state index < -0.39 is 42.2 Å². The number of rotatable bonds is 7. The average molecular weight is 663 g/mol. The van der Waals surface area contributed by atoms with Crippen LogP contribution < -0.4 is 0 Å². The Balaban J connectivity index is 1.12. The number of hydrogen-bond donors (Lipinski definition) is 4. The van der Waals surface area contributed by atoms with Crippen LogP contribution in [0.25, 0.3) is 0 Å². The lowest BCUT2D eigenvalue weighted by Gasteiger charge is -2.63. The lowest BCUT2D eigenvalue weighted by Crippen LogP contribution is -2.61. The van der Waals surface area contributed by atoms with Crippen LogP contribution in [0.2, 0.25) is 0 Å². The van der Waals surface area contributed by atoms with Crippen LogP contribution in [0.1, 0.15) is 107 Å². The Kier molecular flexibility index (Phi) is 7.80. The van der Waals surface area contributed by atoms with E-state index in [-0.39, 0.29) is 75.6 Å². The molecular formula is C37H58O10. The fraction of sp³-hybridized carbons (Fsp3) is 0.946. The number of esters is 1. The van der Waals surface area contributed by atoms with Gasteiger partial charge in [0.2, 0.25) is 0 Å². The zero-order valence-corrected chi connectivity index (χ0v) is 29.5. The fourth-order valence-corrected chi connectivity index (χ4v) is 13.2. The van der Waals surface area contributed by atoms with Crippen LogP contribution in [0.5, 0.6) is 0 Å². The number of Topliss-reactive ketones (excluding diaryl/α,β-unsaturated/α-hetero) is 1. The van der Waals surface area contributed by atoms with Crippen molar-refractivity contribution >= 4 is 11.8 Å². The van der Waals surface area contributed by atoms with Gasteiger partial charge in [0.05, 0.1) is 18.3 Å². The minimum absolute atomic E-state index is 0.0512. The summed E-state index contributed by atoms with van der Waals surface area (Å²) in [7, 11) is 0. The molecule has 16 atom stereocenters. The molecule has 0 bridgehead atoms. The van der Waals surface area contributed by atoms with Crippen LogP contribution in [0.15, 0.2) is 0 Å². The SMILES string of the molecule is CC(=O)O[C@@H](C[C@H](C)[C@@H]1C(=O)[C@@H](O)[C@]2(C)[C@H]3CCC4C(C)(C)[C@H](O[C@H]5OC[C@@H](O)[C@@H](O)[C@@H]5O)CC[C@]45C[C@]35CC[C@@]12C)[C@H]1OC1(C)C. The van der Waals surface area contributed by atoms with Gasteiger partial charge in [0.1, 0.15) is 36.6 Å². The van der Waals surface area contributed by atoms with Gasteiger partial charge in [-0.2, -0.15) is 0 Å². The quantitative estimate of drug-likeness (QED) is 0.181. The molecule has 7 aliphatic rings. The Hall–Kier alpha value is -1.14. The molecule has 7 rings (SSSR count). The molecule has 2 saturated heterocycles. The molecule has 0 amide bonds. The van der Waals surface area contributed by atoms with E-state index in [1.165, 1.54) is 6.92 Å².